The van der Waals surface area contributed by atoms with Crippen molar-refractivity contribution in [1.82, 2.24) is 10.3 Å². The summed E-state index contributed by atoms with van der Waals surface area (Å²) in [6.45, 7) is 2.04. The third-order valence-electron chi connectivity index (χ3n) is 3.26. The van der Waals surface area contributed by atoms with Crippen molar-refractivity contribution in [3.63, 3.8) is 0 Å². The smallest absolute Gasteiger partial charge is 0.118 e. The number of nitrogens with one attached hydrogen (secondary N) is 2. The summed E-state index contributed by atoms with van der Waals surface area (Å²) in [5.41, 5.74) is 5.16. The summed E-state index contributed by atoms with van der Waals surface area (Å²) in [5, 5.41) is 3.38. The average molecular weight is 265 g/mol. The molecule has 2 heterocycles. The topological polar surface area (TPSA) is 37.0 Å². The van der Waals surface area contributed by atoms with Crippen molar-refractivity contribution in [2.75, 3.05) is 13.7 Å². The lowest BCUT2D eigenvalue weighted by molar-refractivity contribution is 0.415. The van der Waals surface area contributed by atoms with Crippen molar-refractivity contribution < 1.29 is 4.74 Å². The Labute approximate surface area is 113 Å². The van der Waals surface area contributed by atoms with Crippen LogP contribution in [0.3, 0.4) is 0 Å². The van der Waals surface area contributed by atoms with E-state index in [0.717, 1.165) is 25.3 Å². The number of benzene rings is 1. The number of aromatic nitrogens is 1. The van der Waals surface area contributed by atoms with E-state index in [1.807, 2.05) is 12.1 Å². The standard InChI is InChI=1S/C14H16N2O.ClH/c1-17-12-4-2-10(3-5-12)14-8-11-9-15-7-6-13(11)16-14;/h2-5,8,15-16H,6-7,9H2,1H3;1H. The Morgan fingerprint density at radius 3 is 2.61 bits per heavy atom. The number of aromatic amines is 1. The predicted molar refractivity (Wildman–Crippen MR) is 75.4 cm³/mol. The monoisotopic (exact) mass is 264 g/mol. The fourth-order valence-corrected chi connectivity index (χ4v) is 2.28. The lowest BCUT2D eigenvalue weighted by atomic mass is 10.1. The summed E-state index contributed by atoms with van der Waals surface area (Å²) in [5.74, 6) is 0.895. The van der Waals surface area contributed by atoms with Gasteiger partial charge >= 0.3 is 0 Å². The molecule has 0 bridgehead atoms. The quantitative estimate of drug-likeness (QED) is 0.875. The van der Waals surface area contributed by atoms with Gasteiger partial charge < -0.3 is 15.0 Å². The second kappa shape index (κ2) is 5.46. The van der Waals surface area contributed by atoms with Crippen molar-refractivity contribution in [2.24, 2.45) is 0 Å². The van der Waals surface area contributed by atoms with Crippen LogP contribution >= 0.6 is 12.4 Å². The minimum Gasteiger partial charge on any atom is -0.497 e. The normalized spacial score (nSPS) is 13.6. The molecule has 1 aliphatic rings. The van der Waals surface area contributed by atoms with E-state index < -0.39 is 0 Å². The third kappa shape index (κ3) is 2.37. The number of methoxy groups -OCH3 is 1. The van der Waals surface area contributed by atoms with E-state index in [9.17, 15) is 0 Å². The molecule has 2 aromatic rings. The molecule has 0 aliphatic carbocycles. The number of rotatable bonds is 2. The van der Waals surface area contributed by atoms with Gasteiger partial charge in [0.25, 0.3) is 0 Å². The summed E-state index contributed by atoms with van der Waals surface area (Å²) in [6, 6.07) is 10.4. The molecule has 18 heavy (non-hydrogen) atoms. The maximum absolute atomic E-state index is 5.17. The van der Waals surface area contributed by atoms with Gasteiger partial charge in [-0.25, -0.2) is 0 Å². The molecule has 0 saturated heterocycles. The van der Waals surface area contributed by atoms with E-state index >= 15 is 0 Å². The van der Waals surface area contributed by atoms with Gasteiger partial charge in [0.2, 0.25) is 0 Å². The Morgan fingerprint density at radius 1 is 1.17 bits per heavy atom. The molecule has 1 aliphatic heterocycles. The van der Waals surface area contributed by atoms with Crippen LogP contribution in [0.25, 0.3) is 11.3 Å². The van der Waals surface area contributed by atoms with Crippen LogP contribution in [0.2, 0.25) is 0 Å². The SMILES string of the molecule is COc1ccc(-c2cc3c([nH]2)CCNC3)cc1.Cl. The second-order valence-corrected chi connectivity index (χ2v) is 4.34. The molecule has 96 valence electrons. The highest BCUT2D eigenvalue weighted by atomic mass is 35.5. The van der Waals surface area contributed by atoms with Gasteiger partial charge in [0.1, 0.15) is 5.75 Å². The maximum Gasteiger partial charge on any atom is 0.118 e. The van der Waals surface area contributed by atoms with E-state index in [-0.39, 0.29) is 12.4 Å². The molecule has 2 N–H and O–H groups in total. The molecule has 3 nitrogen and oxygen atoms in total. The van der Waals surface area contributed by atoms with Crippen LogP contribution in [0.1, 0.15) is 11.3 Å². The van der Waals surface area contributed by atoms with E-state index in [1.165, 1.54) is 22.5 Å². The molecule has 0 fully saturated rings. The van der Waals surface area contributed by atoms with Gasteiger partial charge in [-0.05, 0) is 41.5 Å². The van der Waals surface area contributed by atoms with Crippen LogP contribution in [-0.4, -0.2) is 18.6 Å². The van der Waals surface area contributed by atoms with Crippen LogP contribution < -0.4 is 10.1 Å². The molecule has 1 aromatic carbocycles. The Bertz CT molecular complexity index is 496. The average Bonchev–Trinajstić information content (AvgIpc) is 2.82. The number of H-pyrrole nitrogens is 1. The van der Waals surface area contributed by atoms with Crippen molar-refractivity contribution >= 4 is 12.4 Å². The van der Waals surface area contributed by atoms with Gasteiger partial charge in [0.15, 0.2) is 0 Å². The van der Waals surface area contributed by atoms with E-state index in [2.05, 4.69) is 28.5 Å². The molecule has 0 spiro atoms. The first-order valence-electron chi connectivity index (χ1n) is 5.93. The Kier molecular flexibility index (Phi) is 3.94. The Morgan fingerprint density at radius 2 is 1.94 bits per heavy atom. The van der Waals surface area contributed by atoms with Crippen molar-refractivity contribution in [1.29, 1.82) is 0 Å². The maximum atomic E-state index is 5.17. The molecule has 0 unspecified atom stereocenters. The van der Waals surface area contributed by atoms with Crippen molar-refractivity contribution in [2.45, 2.75) is 13.0 Å². The highest BCUT2D eigenvalue weighted by molar-refractivity contribution is 5.85. The largest absolute Gasteiger partial charge is 0.497 e. The van der Waals surface area contributed by atoms with Gasteiger partial charge in [-0.1, -0.05) is 0 Å². The first kappa shape index (κ1) is 13.0. The number of hydrogen-bond donors (Lipinski definition) is 2. The molecule has 1 aromatic heterocycles. The predicted octanol–water partition coefficient (Wildman–Crippen LogP) is 2.76. The molecular formula is C14H17ClN2O. The molecule has 0 radical (unpaired) electrons. The van der Waals surface area contributed by atoms with Crippen LogP contribution in [0.4, 0.5) is 0 Å². The first-order chi connectivity index (χ1) is 8.36. The zero-order chi connectivity index (χ0) is 11.7. The van der Waals surface area contributed by atoms with Gasteiger partial charge in [0.05, 0.1) is 7.11 Å². The fourth-order valence-electron chi connectivity index (χ4n) is 2.28. The molecule has 0 amide bonds. The summed E-state index contributed by atoms with van der Waals surface area (Å²) in [4.78, 5) is 3.51. The van der Waals surface area contributed by atoms with Crippen LogP contribution in [0.5, 0.6) is 5.75 Å². The molecule has 0 saturated carbocycles. The fraction of sp³-hybridized carbons (Fsp3) is 0.286. The molecule has 4 heteroatoms. The number of ether oxygens (including phenoxy) is 1. The van der Waals surface area contributed by atoms with E-state index in [0.29, 0.717) is 0 Å². The minimum absolute atomic E-state index is 0. The van der Waals surface area contributed by atoms with Crippen molar-refractivity contribution in [3.05, 3.63) is 41.6 Å². The summed E-state index contributed by atoms with van der Waals surface area (Å²) >= 11 is 0. The van der Waals surface area contributed by atoms with Gasteiger partial charge in [-0.15, -0.1) is 12.4 Å². The van der Waals surface area contributed by atoms with E-state index in [4.69, 9.17) is 4.74 Å². The van der Waals surface area contributed by atoms with E-state index in [1.54, 1.807) is 7.11 Å². The number of halogens is 1. The van der Waals surface area contributed by atoms with Crippen LogP contribution in [0, 0.1) is 0 Å². The Balaban J connectivity index is 0.00000120. The summed E-state index contributed by atoms with van der Waals surface area (Å²) in [7, 11) is 1.69. The van der Waals surface area contributed by atoms with Gasteiger partial charge in [-0.2, -0.15) is 0 Å². The zero-order valence-corrected chi connectivity index (χ0v) is 11.1. The lowest BCUT2D eigenvalue weighted by Gasteiger charge is -2.11. The molecular weight excluding hydrogens is 248 g/mol. The van der Waals surface area contributed by atoms with Crippen LogP contribution in [0.15, 0.2) is 30.3 Å². The molecule has 3 rings (SSSR count). The summed E-state index contributed by atoms with van der Waals surface area (Å²) < 4.78 is 5.17. The zero-order valence-electron chi connectivity index (χ0n) is 10.3. The summed E-state index contributed by atoms with van der Waals surface area (Å²) in [6.07, 6.45) is 1.09. The second-order valence-electron chi connectivity index (χ2n) is 4.34. The molecule has 0 atom stereocenters. The van der Waals surface area contributed by atoms with Crippen LogP contribution in [-0.2, 0) is 13.0 Å². The minimum atomic E-state index is 0. The van der Waals surface area contributed by atoms with Gasteiger partial charge in [-0.3, -0.25) is 0 Å². The lowest BCUT2D eigenvalue weighted by Crippen LogP contribution is -2.22. The highest BCUT2D eigenvalue weighted by Gasteiger charge is 2.12. The first-order valence-corrected chi connectivity index (χ1v) is 5.93. The Hall–Kier alpha value is -1.45. The third-order valence-corrected chi connectivity index (χ3v) is 3.26. The van der Waals surface area contributed by atoms with Gasteiger partial charge in [0, 0.05) is 30.9 Å². The number of hydrogen-bond acceptors (Lipinski definition) is 2. The highest BCUT2D eigenvalue weighted by Crippen LogP contribution is 2.25. The van der Waals surface area contributed by atoms with Crippen molar-refractivity contribution in [3.8, 4) is 17.0 Å². The number of fused-ring (bicyclic) bond motifs is 1.